The summed E-state index contributed by atoms with van der Waals surface area (Å²) in [5.41, 5.74) is 1.21. The summed E-state index contributed by atoms with van der Waals surface area (Å²) in [6, 6.07) is 3.79. The summed E-state index contributed by atoms with van der Waals surface area (Å²) in [5.74, 6) is 1.33. The van der Waals surface area contributed by atoms with E-state index in [1.165, 1.54) is 0 Å². The van der Waals surface area contributed by atoms with Crippen molar-refractivity contribution in [2.45, 2.75) is 36.3 Å². The van der Waals surface area contributed by atoms with Gasteiger partial charge in [-0.15, -0.1) is 0 Å². The Kier molecular flexibility index (Phi) is 2.69. The van der Waals surface area contributed by atoms with Crippen LogP contribution in [0.2, 0.25) is 0 Å². The molecule has 6 atom stereocenters. The number of hydrogen-bond acceptors (Lipinski definition) is 6. The van der Waals surface area contributed by atoms with Crippen LogP contribution in [0.5, 0.6) is 11.5 Å². The number of benzene rings is 1. The van der Waals surface area contributed by atoms with Crippen LogP contribution in [0.3, 0.4) is 0 Å². The van der Waals surface area contributed by atoms with Crippen LogP contribution in [-0.2, 0) is 10.2 Å². The van der Waals surface area contributed by atoms with Gasteiger partial charge in [0.1, 0.15) is 6.23 Å². The van der Waals surface area contributed by atoms with E-state index in [9.17, 15) is 10.2 Å². The molecule has 0 saturated carbocycles. The minimum absolute atomic E-state index is 0.00341. The molecule has 23 heavy (non-hydrogen) atoms. The molecule has 1 saturated heterocycles. The third-order valence-electron chi connectivity index (χ3n) is 5.84. The number of methoxy groups -OCH3 is 1. The molecule has 1 aromatic carbocycles. The zero-order valence-electron chi connectivity index (χ0n) is 12.8. The molecule has 0 aromatic heterocycles. The maximum absolute atomic E-state index is 10.8. The van der Waals surface area contributed by atoms with Crippen molar-refractivity contribution in [1.82, 2.24) is 4.90 Å². The van der Waals surface area contributed by atoms with E-state index in [1.807, 2.05) is 23.1 Å². The standard InChI is InChI=1S/C17H19NO5/c1-21-9-2-3-17-11-6-13-12(22-8-23-13)5-10(11)16(20)18(7-15(17)19)14(17)4-9/h2-3,5-6,9,14-16,19-20H,4,7-8H2,1H3/t9-,14+,15+,16-,17?/m0/s1. The Balaban J connectivity index is 1.75. The molecule has 1 fully saturated rings. The smallest absolute Gasteiger partial charge is 0.231 e. The number of ether oxygens (including phenoxy) is 3. The largest absolute Gasteiger partial charge is 0.454 e. The first-order chi connectivity index (χ1) is 11.1. The monoisotopic (exact) mass is 317 g/mol. The number of hydrogen-bond donors (Lipinski definition) is 2. The zero-order valence-corrected chi connectivity index (χ0v) is 12.8. The summed E-state index contributed by atoms with van der Waals surface area (Å²) < 4.78 is 16.4. The lowest BCUT2D eigenvalue weighted by atomic mass is 9.65. The third kappa shape index (κ3) is 1.57. The molecule has 6 heteroatoms. The predicted octanol–water partition coefficient (Wildman–Crippen LogP) is 0.678. The van der Waals surface area contributed by atoms with Gasteiger partial charge >= 0.3 is 0 Å². The summed E-state index contributed by atoms with van der Waals surface area (Å²) in [5, 5.41) is 21.7. The third-order valence-corrected chi connectivity index (χ3v) is 5.84. The summed E-state index contributed by atoms with van der Waals surface area (Å²) in [7, 11) is 1.69. The van der Waals surface area contributed by atoms with Gasteiger partial charge in [0.15, 0.2) is 11.5 Å². The van der Waals surface area contributed by atoms with Gasteiger partial charge in [-0.1, -0.05) is 12.2 Å². The minimum Gasteiger partial charge on any atom is -0.454 e. The molecule has 0 radical (unpaired) electrons. The highest BCUT2D eigenvalue weighted by molar-refractivity contribution is 5.57. The number of rotatable bonds is 1. The van der Waals surface area contributed by atoms with Crippen molar-refractivity contribution in [3.05, 3.63) is 35.4 Å². The van der Waals surface area contributed by atoms with E-state index >= 15 is 0 Å². The fraction of sp³-hybridized carbons (Fsp3) is 0.529. The predicted molar refractivity (Wildman–Crippen MR) is 80.3 cm³/mol. The van der Waals surface area contributed by atoms with Gasteiger partial charge in [-0.2, -0.15) is 0 Å². The van der Waals surface area contributed by atoms with Gasteiger partial charge < -0.3 is 24.4 Å². The first-order valence-corrected chi connectivity index (χ1v) is 7.93. The average Bonchev–Trinajstić information content (AvgIpc) is 3.12. The van der Waals surface area contributed by atoms with Gasteiger partial charge in [-0.3, -0.25) is 4.90 Å². The first kappa shape index (κ1) is 13.8. The highest BCUT2D eigenvalue weighted by atomic mass is 16.7. The fourth-order valence-electron chi connectivity index (χ4n) is 4.71. The summed E-state index contributed by atoms with van der Waals surface area (Å²) in [4.78, 5) is 1.98. The molecular formula is C17H19NO5. The van der Waals surface area contributed by atoms with Gasteiger partial charge in [0.2, 0.25) is 6.79 Å². The van der Waals surface area contributed by atoms with Gasteiger partial charge in [-0.05, 0) is 24.1 Å². The molecule has 4 aliphatic rings. The van der Waals surface area contributed by atoms with Crippen LogP contribution >= 0.6 is 0 Å². The molecule has 1 aromatic rings. The Morgan fingerprint density at radius 1 is 1.26 bits per heavy atom. The quantitative estimate of drug-likeness (QED) is 0.742. The molecular weight excluding hydrogens is 298 g/mol. The summed E-state index contributed by atoms with van der Waals surface area (Å²) in [6.45, 7) is 0.631. The molecule has 3 heterocycles. The maximum Gasteiger partial charge on any atom is 0.231 e. The van der Waals surface area contributed by atoms with E-state index < -0.39 is 17.7 Å². The average molecular weight is 317 g/mol. The zero-order chi connectivity index (χ0) is 15.8. The van der Waals surface area contributed by atoms with Crippen molar-refractivity contribution in [1.29, 1.82) is 0 Å². The molecule has 5 rings (SSSR count). The van der Waals surface area contributed by atoms with E-state index in [1.54, 1.807) is 7.11 Å². The Morgan fingerprint density at radius 2 is 2.04 bits per heavy atom. The van der Waals surface area contributed by atoms with E-state index in [0.29, 0.717) is 18.0 Å². The van der Waals surface area contributed by atoms with E-state index in [2.05, 4.69) is 6.08 Å². The first-order valence-electron chi connectivity index (χ1n) is 7.93. The van der Waals surface area contributed by atoms with Crippen molar-refractivity contribution >= 4 is 0 Å². The lowest BCUT2D eigenvalue weighted by molar-refractivity contribution is -0.0399. The van der Waals surface area contributed by atoms with Gasteiger partial charge in [0.25, 0.3) is 0 Å². The van der Waals surface area contributed by atoms with Gasteiger partial charge in [0, 0.05) is 25.3 Å². The van der Waals surface area contributed by atoms with Crippen molar-refractivity contribution in [2.24, 2.45) is 0 Å². The molecule has 0 spiro atoms. The maximum atomic E-state index is 10.8. The fourth-order valence-corrected chi connectivity index (χ4v) is 4.71. The van der Waals surface area contributed by atoms with Gasteiger partial charge in [0.05, 0.1) is 17.6 Å². The topological polar surface area (TPSA) is 71.4 Å². The molecule has 2 unspecified atom stereocenters. The molecule has 2 bridgehead atoms. The van der Waals surface area contributed by atoms with Crippen LogP contribution in [0.25, 0.3) is 0 Å². The van der Waals surface area contributed by atoms with E-state index in [0.717, 1.165) is 17.5 Å². The van der Waals surface area contributed by atoms with Crippen LogP contribution < -0.4 is 9.47 Å². The van der Waals surface area contributed by atoms with Crippen molar-refractivity contribution in [3.63, 3.8) is 0 Å². The number of fused-ring (bicyclic) bond motifs is 2. The van der Waals surface area contributed by atoms with E-state index in [-0.39, 0.29) is 18.9 Å². The minimum atomic E-state index is -0.751. The number of nitrogens with zero attached hydrogens (tertiary/aromatic N) is 1. The summed E-state index contributed by atoms with van der Waals surface area (Å²) >= 11 is 0. The molecule has 2 N–H and O–H groups in total. The normalized spacial score (nSPS) is 42.5. The van der Waals surface area contributed by atoms with Gasteiger partial charge in [-0.25, -0.2) is 0 Å². The lowest BCUT2D eigenvalue weighted by Crippen LogP contribution is -2.53. The Bertz CT molecular complexity index is 704. The molecule has 3 aliphatic heterocycles. The van der Waals surface area contributed by atoms with Crippen molar-refractivity contribution < 1.29 is 24.4 Å². The second kappa shape index (κ2) is 4.48. The molecule has 6 nitrogen and oxygen atoms in total. The number of aliphatic hydroxyl groups is 2. The second-order valence-electron chi connectivity index (χ2n) is 6.70. The van der Waals surface area contributed by atoms with Crippen molar-refractivity contribution in [3.8, 4) is 11.5 Å². The number of aliphatic hydroxyl groups excluding tert-OH is 2. The highest BCUT2D eigenvalue weighted by Gasteiger charge is 2.61. The molecule has 0 amide bonds. The van der Waals surface area contributed by atoms with Crippen LogP contribution in [0.1, 0.15) is 23.8 Å². The van der Waals surface area contributed by atoms with Crippen LogP contribution in [0.4, 0.5) is 0 Å². The van der Waals surface area contributed by atoms with Crippen LogP contribution in [-0.4, -0.2) is 53.8 Å². The molecule has 122 valence electrons. The summed E-state index contributed by atoms with van der Waals surface area (Å²) in [6.07, 6.45) is 3.51. The highest BCUT2D eigenvalue weighted by Crippen LogP contribution is 2.56. The van der Waals surface area contributed by atoms with E-state index in [4.69, 9.17) is 14.2 Å². The Labute approximate surface area is 133 Å². The Hall–Kier alpha value is -1.60. The van der Waals surface area contributed by atoms with Crippen molar-refractivity contribution in [2.75, 3.05) is 20.4 Å². The lowest BCUT2D eigenvalue weighted by Gasteiger charge is -2.48. The van der Waals surface area contributed by atoms with Crippen LogP contribution in [0.15, 0.2) is 24.3 Å². The SMILES string of the molecule is CO[C@H]1C=CC23c4cc5c(cc4[C@H](O)N(C[C@H]2O)[C@@H]3C1)OCO5. The second-order valence-corrected chi connectivity index (χ2v) is 6.70. The molecule has 1 aliphatic carbocycles. The van der Waals surface area contributed by atoms with Crippen LogP contribution in [0, 0.1) is 0 Å². The Morgan fingerprint density at radius 3 is 2.83 bits per heavy atom.